The van der Waals surface area contributed by atoms with Crippen LogP contribution in [0.5, 0.6) is 5.75 Å². The van der Waals surface area contributed by atoms with Crippen molar-refractivity contribution in [2.75, 3.05) is 13.1 Å². The number of alkyl halides is 1. The molecule has 0 bridgehead atoms. The highest BCUT2D eigenvalue weighted by Gasteiger charge is 2.24. The zero-order valence-electron chi connectivity index (χ0n) is 8.62. The van der Waals surface area contributed by atoms with Crippen molar-refractivity contribution in [1.82, 2.24) is 5.32 Å². The topological polar surface area (TPSA) is 32.3 Å². The van der Waals surface area contributed by atoms with Crippen LogP contribution in [-0.4, -0.2) is 18.2 Å². The van der Waals surface area contributed by atoms with Crippen LogP contribution >= 0.6 is 0 Å². The van der Waals surface area contributed by atoms with Crippen LogP contribution in [0.25, 0.3) is 0 Å². The lowest BCUT2D eigenvalue weighted by Gasteiger charge is -2.25. The van der Waals surface area contributed by atoms with Gasteiger partial charge in [-0.05, 0) is 49.5 Å². The van der Waals surface area contributed by atoms with E-state index in [1.165, 1.54) is 6.07 Å². The molecule has 1 fully saturated rings. The molecular formula is C12H16FNO. The van der Waals surface area contributed by atoms with Gasteiger partial charge in [-0.1, -0.05) is 12.1 Å². The number of halogens is 1. The minimum Gasteiger partial charge on any atom is -0.508 e. The molecule has 1 aromatic rings. The summed E-state index contributed by atoms with van der Waals surface area (Å²) in [7, 11) is 0. The SMILES string of the molecule is Oc1cccc(C(F)C2CCNCC2)c1. The van der Waals surface area contributed by atoms with Crippen molar-refractivity contribution in [2.45, 2.75) is 19.0 Å². The smallest absolute Gasteiger partial charge is 0.128 e. The van der Waals surface area contributed by atoms with Gasteiger partial charge >= 0.3 is 0 Å². The van der Waals surface area contributed by atoms with Crippen LogP contribution in [0.3, 0.4) is 0 Å². The fourth-order valence-electron chi connectivity index (χ4n) is 2.11. The van der Waals surface area contributed by atoms with Crippen molar-refractivity contribution < 1.29 is 9.50 Å². The van der Waals surface area contributed by atoms with E-state index in [4.69, 9.17) is 0 Å². The maximum absolute atomic E-state index is 14.1. The van der Waals surface area contributed by atoms with Gasteiger partial charge in [0.15, 0.2) is 0 Å². The van der Waals surface area contributed by atoms with E-state index in [0.717, 1.165) is 25.9 Å². The third-order valence-corrected chi connectivity index (χ3v) is 2.99. The van der Waals surface area contributed by atoms with Gasteiger partial charge in [0.25, 0.3) is 0 Å². The molecule has 1 heterocycles. The Morgan fingerprint density at radius 1 is 1.33 bits per heavy atom. The summed E-state index contributed by atoms with van der Waals surface area (Å²) in [6.45, 7) is 1.79. The van der Waals surface area contributed by atoms with E-state index in [-0.39, 0.29) is 11.7 Å². The number of hydrogen-bond donors (Lipinski definition) is 2. The van der Waals surface area contributed by atoms with Crippen LogP contribution < -0.4 is 5.32 Å². The molecule has 1 unspecified atom stereocenters. The number of phenols is 1. The Labute approximate surface area is 89.1 Å². The number of rotatable bonds is 2. The maximum atomic E-state index is 14.1. The number of aromatic hydroxyl groups is 1. The molecule has 0 saturated carbocycles. The normalized spacial score (nSPS) is 20.1. The van der Waals surface area contributed by atoms with E-state index in [0.29, 0.717) is 5.56 Å². The molecule has 0 radical (unpaired) electrons. The number of piperidine rings is 1. The Balaban J connectivity index is 2.08. The highest BCUT2D eigenvalue weighted by molar-refractivity contribution is 5.29. The summed E-state index contributed by atoms with van der Waals surface area (Å²) >= 11 is 0. The van der Waals surface area contributed by atoms with Gasteiger partial charge in [-0.25, -0.2) is 4.39 Å². The Kier molecular flexibility index (Phi) is 3.21. The zero-order valence-corrected chi connectivity index (χ0v) is 8.62. The summed E-state index contributed by atoms with van der Waals surface area (Å²) in [5.74, 6) is 0.233. The molecule has 0 spiro atoms. The molecule has 1 saturated heterocycles. The summed E-state index contributed by atoms with van der Waals surface area (Å²) in [4.78, 5) is 0. The van der Waals surface area contributed by atoms with Gasteiger partial charge in [0.2, 0.25) is 0 Å². The first-order valence-electron chi connectivity index (χ1n) is 5.41. The van der Waals surface area contributed by atoms with Gasteiger partial charge in [-0.15, -0.1) is 0 Å². The summed E-state index contributed by atoms with van der Waals surface area (Å²) in [5.41, 5.74) is 0.599. The second kappa shape index (κ2) is 4.62. The van der Waals surface area contributed by atoms with Gasteiger partial charge in [0.1, 0.15) is 11.9 Å². The molecular weight excluding hydrogens is 193 g/mol. The van der Waals surface area contributed by atoms with E-state index in [9.17, 15) is 9.50 Å². The van der Waals surface area contributed by atoms with Crippen LogP contribution in [0.15, 0.2) is 24.3 Å². The van der Waals surface area contributed by atoms with Gasteiger partial charge in [0.05, 0.1) is 0 Å². The summed E-state index contributed by atoms with van der Waals surface area (Å²) in [6.07, 6.45) is 0.799. The largest absolute Gasteiger partial charge is 0.508 e. The highest BCUT2D eigenvalue weighted by atomic mass is 19.1. The maximum Gasteiger partial charge on any atom is 0.128 e. The van der Waals surface area contributed by atoms with Crippen molar-refractivity contribution in [1.29, 1.82) is 0 Å². The second-order valence-electron chi connectivity index (χ2n) is 4.08. The van der Waals surface area contributed by atoms with E-state index in [1.54, 1.807) is 18.2 Å². The van der Waals surface area contributed by atoms with Crippen molar-refractivity contribution >= 4 is 0 Å². The van der Waals surface area contributed by atoms with Crippen molar-refractivity contribution in [2.24, 2.45) is 5.92 Å². The zero-order chi connectivity index (χ0) is 10.7. The first-order valence-corrected chi connectivity index (χ1v) is 5.41. The van der Waals surface area contributed by atoms with E-state index in [2.05, 4.69) is 5.32 Å². The van der Waals surface area contributed by atoms with Gasteiger partial charge < -0.3 is 10.4 Å². The lowest BCUT2D eigenvalue weighted by atomic mass is 9.89. The van der Waals surface area contributed by atoms with Crippen molar-refractivity contribution in [3.05, 3.63) is 29.8 Å². The Morgan fingerprint density at radius 2 is 2.07 bits per heavy atom. The van der Waals surface area contributed by atoms with Crippen LogP contribution in [-0.2, 0) is 0 Å². The van der Waals surface area contributed by atoms with Gasteiger partial charge in [0, 0.05) is 0 Å². The first-order chi connectivity index (χ1) is 7.27. The molecule has 15 heavy (non-hydrogen) atoms. The average molecular weight is 209 g/mol. The molecule has 2 N–H and O–H groups in total. The lowest BCUT2D eigenvalue weighted by molar-refractivity contribution is 0.190. The van der Waals surface area contributed by atoms with E-state index < -0.39 is 6.17 Å². The highest BCUT2D eigenvalue weighted by Crippen LogP contribution is 2.33. The predicted molar refractivity (Wildman–Crippen MR) is 57.5 cm³/mol. The summed E-state index contributed by atoms with van der Waals surface area (Å²) < 4.78 is 14.1. The summed E-state index contributed by atoms with van der Waals surface area (Å²) in [5, 5.41) is 12.5. The van der Waals surface area contributed by atoms with Gasteiger partial charge in [-0.2, -0.15) is 0 Å². The number of hydrogen-bond acceptors (Lipinski definition) is 2. The molecule has 2 rings (SSSR count). The Bertz CT molecular complexity index is 323. The first kappa shape index (κ1) is 10.4. The monoisotopic (exact) mass is 209 g/mol. The standard InChI is InChI=1S/C12H16FNO/c13-12(9-4-6-14-7-5-9)10-2-1-3-11(15)8-10/h1-3,8-9,12,14-15H,4-7H2. The molecule has 1 aliphatic rings. The molecule has 0 amide bonds. The Morgan fingerprint density at radius 3 is 2.73 bits per heavy atom. The minimum atomic E-state index is -0.945. The fourth-order valence-corrected chi connectivity index (χ4v) is 2.11. The third kappa shape index (κ3) is 2.48. The molecule has 0 aliphatic carbocycles. The van der Waals surface area contributed by atoms with Crippen molar-refractivity contribution in [3.63, 3.8) is 0 Å². The quantitative estimate of drug-likeness (QED) is 0.784. The van der Waals surface area contributed by atoms with Crippen LogP contribution in [0.1, 0.15) is 24.6 Å². The number of phenolic OH excluding ortho intramolecular Hbond substituents is 1. The third-order valence-electron chi connectivity index (χ3n) is 2.99. The number of nitrogens with one attached hydrogen (secondary N) is 1. The second-order valence-corrected chi connectivity index (χ2v) is 4.08. The fraction of sp³-hybridized carbons (Fsp3) is 0.500. The predicted octanol–water partition coefficient (Wildman–Crippen LogP) is 2.40. The van der Waals surface area contributed by atoms with Crippen LogP contribution in [0.2, 0.25) is 0 Å². The molecule has 1 aliphatic heterocycles. The summed E-state index contributed by atoms with van der Waals surface area (Å²) in [6, 6.07) is 6.52. The average Bonchev–Trinajstić information content (AvgIpc) is 2.29. The molecule has 1 atom stereocenters. The van der Waals surface area contributed by atoms with Crippen LogP contribution in [0.4, 0.5) is 4.39 Å². The van der Waals surface area contributed by atoms with E-state index in [1.807, 2.05) is 0 Å². The molecule has 1 aromatic carbocycles. The molecule has 0 aromatic heterocycles. The molecule has 82 valence electrons. The van der Waals surface area contributed by atoms with Crippen LogP contribution in [0, 0.1) is 5.92 Å². The molecule has 3 heteroatoms. The Hall–Kier alpha value is -1.09. The van der Waals surface area contributed by atoms with E-state index >= 15 is 0 Å². The van der Waals surface area contributed by atoms with Gasteiger partial charge in [-0.3, -0.25) is 0 Å². The van der Waals surface area contributed by atoms with Crippen molar-refractivity contribution in [3.8, 4) is 5.75 Å². The number of benzene rings is 1. The molecule has 2 nitrogen and oxygen atoms in total. The lowest BCUT2D eigenvalue weighted by Crippen LogP contribution is -2.29. The minimum absolute atomic E-state index is 0.0908.